The number of halogens is 1. The van der Waals surface area contributed by atoms with Gasteiger partial charge in [-0.05, 0) is 42.5 Å². The number of amides is 1. The van der Waals surface area contributed by atoms with E-state index >= 15 is 0 Å². The number of aromatic nitrogens is 3. The van der Waals surface area contributed by atoms with Crippen molar-refractivity contribution < 1.29 is 4.79 Å². The van der Waals surface area contributed by atoms with Gasteiger partial charge in [0.05, 0.1) is 17.5 Å². The van der Waals surface area contributed by atoms with Gasteiger partial charge in [0.2, 0.25) is 17.0 Å². The van der Waals surface area contributed by atoms with Crippen molar-refractivity contribution >= 4 is 62.1 Å². The normalized spacial score (nSPS) is 12.7. The maximum atomic E-state index is 12.3. The summed E-state index contributed by atoms with van der Waals surface area (Å²) in [5, 5.41) is 24.2. The molecule has 0 saturated carbocycles. The second-order valence-corrected chi connectivity index (χ2v) is 9.37. The fraction of sp³-hybridized carbons (Fsp3) is 0.211. The minimum atomic E-state index is -0.191. The Morgan fingerprint density at radius 2 is 2.37 bits per heavy atom. The van der Waals surface area contributed by atoms with Crippen molar-refractivity contribution in [3.05, 3.63) is 50.3 Å². The average molecular weight is 502 g/mol. The van der Waals surface area contributed by atoms with Gasteiger partial charge in [-0.3, -0.25) is 4.79 Å². The van der Waals surface area contributed by atoms with Crippen LogP contribution in [0.5, 0.6) is 0 Å². The van der Waals surface area contributed by atoms with Gasteiger partial charge in [-0.2, -0.15) is 15.3 Å². The van der Waals surface area contributed by atoms with E-state index in [-0.39, 0.29) is 11.7 Å². The lowest BCUT2D eigenvalue weighted by Crippen LogP contribution is -2.14. The summed E-state index contributed by atoms with van der Waals surface area (Å²) in [7, 11) is 0. The quantitative estimate of drug-likeness (QED) is 0.254. The molecule has 0 fully saturated rings. The molecule has 0 saturated heterocycles. The summed E-state index contributed by atoms with van der Waals surface area (Å²) in [5.41, 5.74) is 5.41. The van der Waals surface area contributed by atoms with Gasteiger partial charge in [0.1, 0.15) is 11.1 Å². The smallest absolute Gasteiger partial charge is 0.240 e. The van der Waals surface area contributed by atoms with E-state index in [1.165, 1.54) is 28.0 Å². The van der Waals surface area contributed by atoms with Crippen molar-refractivity contribution in [3.63, 3.8) is 0 Å². The van der Waals surface area contributed by atoms with Crippen molar-refractivity contribution in [1.82, 2.24) is 15.2 Å². The standard InChI is InChI=1S/C19H16BrN7OS2/c20-12-4-1-3-11(7-12)9-22-25-18-24-19(27-26-18)29-10-16(28)23-17-14(8-21)13-5-2-6-15(13)30-17/h1,3-4,7,9H,2,5-6,10H2,(H,23,28)(H2,24,25,26,27)/b22-9-. The van der Waals surface area contributed by atoms with E-state index < -0.39 is 0 Å². The van der Waals surface area contributed by atoms with Gasteiger partial charge < -0.3 is 5.32 Å². The van der Waals surface area contributed by atoms with E-state index in [1.54, 1.807) is 6.21 Å². The molecule has 2 heterocycles. The van der Waals surface area contributed by atoms with Crippen molar-refractivity contribution in [3.8, 4) is 6.07 Å². The Bertz CT molecular complexity index is 1150. The minimum Gasteiger partial charge on any atom is -0.316 e. The third-order valence-electron chi connectivity index (χ3n) is 4.32. The number of hydrogen-bond donors (Lipinski definition) is 3. The van der Waals surface area contributed by atoms with E-state index in [4.69, 9.17) is 0 Å². The summed E-state index contributed by atoms with van der Waals surface area (Å²) in [6, 6.07) is 9.95. The summed E-state index contributed by atoms with van der Waals surface area (Å²) in [6.07, 6.45) is 4.64. The van der Waals surface area contributed by atoms with E-state index in [9.17, 15) is 10.1 Å². The van der Waals surface area contributed by atoms with Crippen LogP contribution < -0.4 is 10.7 Å². The lowest BCUT2D eigenvalue weighted by Gasteiger charge is -2.02. The molecule has 3 aromatic rings. The number of hydrogen-bond acceptors (Lipinski definition) is 8. The van der Waals surface area contributed by atoms with Crippen LogP contribution in [-0.4, -0.2) is 33.1 Å². The molecule has 0 radical (unpaired) electrons. The fourth-order valence-electron chi connectivity index (χ4n) is 3.02. The van der Waals surface area contributed by atoms with Crippen molar-refractivity contribution in [1.29, 1.82) is 5.26 Å². The van der Waals surface area contributed by atoms with Crippen LogP contribution in [0.15, 0.2) is 39.0 Å². The number of nitrogens with one attached hydrogen (secondary N) is 3. The zero-order chi connectivity index (χ0) is 20.9. The van der Waals surface area contributed by atoms with Crippen LogP contribution in [0.3, 0.4) is 0 Å². The van der Waals surface area contributed by atoms with Gasteiger partial charge in [-0.15, -0.1) is 16.4 Å². The first-order chi connectivity index (χ1) is 14.6. The molecule has 0 atom stereocenters. The minimum absolute atomic E-state index is 0.145. The average Bonchev–Trinajstić information content (AvgIpc) is 3.43. The Morgan fingerprint density at radius 1 is 1.47 bits per heavy atom. The molecule has 0 aliphatic heterocycles. The number of nitrogens with zero attached hydrogens (tertiary/aromatic N) is 4. The summed E-state index contributed by atoms with van der Waals surface area (Å²) in [5.74, 6) is 0.334. The Hall–Kier alpha value is -2.68. The monoisotopic (exact) mass is 501 g/mol. The lowest BCUT2D eigenvalue weighted by molar-refractivity contribution is -0.113. The van der Waals surface area contributed by atoms with E-state index in [0.29, 0.717) is 21.7 Å². The van der Waals surface area contributed by atoms with Gasteiger partial charge in [0, 0.05) is 9.35 Å². The number of anilines is 2. The molecule has 11 heteroatoms. The summed E-state index contributed by atoms with van der Waals surface area (Å²) >= 11 is 6.12. The predicted octanol–water partition coefficient (Wildman–Crippen LogP) is 4.17. The zero-order valence-corrected chi connectivity index (χ0v) is 18.8. The first kappa shape index (κ1) is 20.6. The number of thioether (sulfide) groups is 1. The summed E-state index contributed by atoms with van der Waals surface area (Å²) in [4.78, 5) is 17.8. The molecule has 0 spiro atoms. The number of aryl methyl sites for hydroxylation is 1. The first-order valence-corrected chi connectivity index (χ1v) is 11.7. The van der Waals surface area contributed by atoms with Crippen LogP contribution >= 0.6 is 39.0 Å². The number of carbonyl (C=O) groups is 1. The van der Waals surface area contributed by atoms with Gasteiger partial charge >= 0.3 is 0 Å². The molecule has 2 aromatic heterocycles. The summed E-state index contributed by atoms with van der Waals surface area (Å²) in [6.45, 7) is 0. The topological polar surface area (TPSA) is 119 Å². The molecule has 4 rings (SSSR count). The Morgan fingerprint density at radius 3 is 3.20 bits per heavy atom. The van der Waals surface area contributed by atoms with Crippen LogP contribution in [0.25, 0.3) is 0 Å². The number of H-pyrrole nitrogens is 1. The zero-order valence-electron chi connectivity index (χ0n) is 15.6. The molecule has 3 N–H and O–H groups in total. The highest BCUT2D eigenvalue weighted by Crippen LogP contribution is 2.38. The SMILES string of the molecule is N#Cc1c(NC(=O)CSc2n[nH]c(N/N=C\c3cccc(Br)c3)n2)sc2c1CCC2. The molecule has 152 valence electrons. The van der Waals surface area contributed by atoms with Gasteiger partial charge in [-0.1, -0.05) is 39.8 Å². The fourth-order valence-corrected chi connectivity index (χ4v) is 5.29. The lowest BCUT2D eigenvalue weighted by atomic mass is 10.1. The second-order valence-electron chi connectivity index (χ2n) is 6.40. The van der Waals surface area contributed by atoms with E-state index in [1.807, 2.05) is 24.3 Å². The highest BCUT2D eigenvalue weighted by Gasteiger charge is 2.23. The second kappa shape index (κ2) is 9.42. The van der Waals surface area contributed by atoms with Gasteiger partial charge in [0.15, 0.2) is 0 Å². The summed E-state index contributed by atoms with van der Waals surface area (Å²) < 4.78 is 0.970. The number of nitriles is 1. The molecule has 30 heavy (non-hydrogen) atoms. The maximum absolute atomic E-state index is 12.3. The maximum Gasteiger partial charge on any atom is 0.240 e. The van der Waals surface area contributed by atoms with Crippen molar-refractivity contribution in [2.45, 2.75) is 24.4 Å². The molecule has 1 aromatic carbocycles. The highest BCUT2D eigenvalue weighted by atomic mass is 79.9. The highest BCUT2D eigenvalue weighted by molar-refractivity contribution is 9.10. The van der Waals surface area contributed by atoms with Crippen molar-refractivity contribution in [2.24, 2.45) is 5.10 Å². The molecular weight excluding hydrogens is 486 g/mol. The Labute approximate surface area is 189 Å². The van der Waals surface area contributed by atoms with Gasteiger partial charge in [0.25, 0.3) is 0 Å². The van der Waals surface area contributed by atoms with Crippen LogP contribution in [-0.2, 0) is 17.6 Å². The largest absolute Gasteiger partial charge is 0.316 e. The number of rotatable bonds is 7. The Kier molecular flexibility index (Phi) is 6.47. The molecule has 0 unspecified atom stereocenters. The number of fused-ring (bicyclic) bond motifs is 1. The molecule has 1 amide bonds. The van der Waals surface area contributed by atoms with Crippen molar-refractivity contribution in [2.75, 3.05) is 16.5 Å². The molecule has 8 nitrogen and oxygen atoms in total. The van der Waals surface area contributed by atoms with E-state index in [0.717, 1.165) is 34.9 Å². The molecule has 1 aliphatic carbocycles. The van der Waals surface area contributed by atoms with E-state index in [2.05, 4.69) is 53.0 Å². The molecular formula is C19H16BrN7OS2. The molecule has 1 aliphatic rings. The predicted molar refractivity (Wildman–Crippen MR) is 122 cm³/mol. The third-order valence-corrected chi connectivity index (χ3v) is 6.86. The first-order valence-electron chi connectivity index (χ1n) is 9.06. The van der Waals surface area contributed by atoms with Crippen LogP contribution in [0.2, 0.25) is 0 Å². The number of aromatic amines is 1. The number of thiophene rings is 1. The van der Waals surface area contributed by atoms with Gasteiger partial charge in [-0.25, -0.2) is 10.5 Å². The Balaban J connectivity index is 1.28. The van der Waals surface area contributed by atoms with Crippen LogP contribution in [0.4, 0.5) is 10.9 Å². The van der Waals surface area contributed by atoms with Crippen LogP contribution in [0, 0.1) is 11.3 Å². The third kappa shape index (κ3) is 4.89. The van der Waals surface area contributed by atoms with Crippen LogP contribution in [0.1, 0.15) is 28.0 Å². The number of carbonyl (C=O) groups excluding carboxylic acids is 1. The number of benzene rings is 1. The molecule has 0 bridgehead atoms. The number of hydrazone groups is 1.